The van der Waals surface area contributed by atoms with E-state index in [9.17, 15) is 14.4 Å². The lowest BCUT2D eigenvalue weighted by Gasteiger charge is -2.24. The first kappa shape index (κ1) is 24.4. The zero-order chi connectivity index (χ0) is 23.3. The van der Waals surface area contributed by atoms with Crippen molar-refractivity contribution >= 4 is 23.0 Å². The molecule has 1 atom stereocenters. The predicted molar refractivity (Wildman–Crippen MR) is 119 cm³/mol. The van der Waals surface area contributed by atoms with Gasteiger partial charge in [-0.05, 0) is 64.2 Å². The highest BCUT2D eigenvalue weighted by Crippen LogP contribution is 2.29. The fourth-order valence-corrected chi connectivity index (χ4v) is 3.31. The van der Waals surface area contributed by atoms with Crippen LogP contribution in [0.25, 0.3) is 11.0 Å². The molecule has 1 amide bonds. The Labute approximate surface area is 183 Å². The summed E-state index contributed by atoms with van der Waals surface area (Å²) in [5.74, 6) is -0.178. The van der Waals surface area contributed by atoms with Crippen molar-refractivity contribution in [3.8, 4) is 5.75 Å². The first-order valence-corrected chi connectivity index (χ1v) is 10.7. The average Bonchev–Trinajstić information content (AvgIpc) is 2.62. The lowest BCUT2D eigenvalue weighted by atomic mass is 10.0. The van der Waals surface area contributed by atoms with Crippen LogP contribution in [0.1, 0.15) is 65.5 Å². The lowest BCUT2D eigenvalue weighted by Crippen LogP contribution is -2.45. The zero-order valence-corrected chi connectivity index (χ0v) is 19.5. The Hall–Kier alpha value is -2.83. The van der Waals surface area contributed by atoms with E-state index in [0.29, 0.717) is 17.6 Å². The quantitative estimate of drug-likeness (QED) is 0.381. The summed E-state index contributed by atoms with van der Waals surface area (Å²) in [7, 11) is 0. The highest BCUT2D eigenvalue weighted by molar-refractivity contribution is 5.87. The van der Waals surface area contributed by atoms with Crippen molar-refractivity contribution in [1.82, 2.24) is 5.32 Å². The highest BCUT2D eigenvalue weighted by Gasteiger charge is 2.27. The Morgan fingerprint density at radius 3 is 2.45 bits per heavy atom. The van der Waals surface area contributed by atoms with Crippen molar-refractivity contribution in [2.24, 2.45) is 5.92 Å². The van der Waals surface area contributed by atoms with Gasteiger partial charge in [-0.1, -0.05) is 27.2 Å². The first-order chi connectivity index (χ1) is 14.4. The number of nitrogens with one attached hydrogen (secondary N) is 1. The second-order valence-electron chi connectivity index (χ2n) is 9.16. The first-order valence-electron chi connectivity index (χ1n) is 10.7. The monoisotopic (exact) mass is 431 g/mol. The van der Waals surface area contributed by atoms with Gasteiger partial charge >= 0.3 is 17.7 Å². The number of carbonyl (C=O) groups is 2. The van der Waals surface area contributed by atoms with Gasteiger partial charge in [-0.3, -0.25) is 0 Å². The van der Waals surface area contributed by atoms with Gasteiger partial charge in [0, 0.05) is 17.0 Å². The van der Waals surface area contributed by atoms with E-state index in [2.05, 4.69) is 5.32 Å². The Kier molecular flexibility index (Phi) is 7.87. The Morgan fingerprint density at radius 2 is 1.87 bits per heavy atom. The molecule has 2 aromatic rings. The van der Waals surface area contributed by atoms with Crippen LogP contribution in [0.3, 0.4) is 0 Å². The number of benzene rings is 1. The highest BCUT2D eigenvalue weighted by atomic mass is 16.6. The maximum absolute atomic E-state index is 12.9. The normalized spacial score (nSPS) is 12.6. The van der Waals surface area contributed by atoms with E-state index in [1.807, 2.05) is 20.8 Å². The smallest absolute Gasteiger partial charge is 0.408 e. The van der Waals surface area contributed by atoms with Crippen LogP contribution >= 0.6 is 0 Å². The summed E-state index contributed by atoms with van der Waals surface area (Å²) in [6, 6.07) is 4.11. The number of aryl methyl sites for hydroxylation is 2. The van der Waals surface area contributed by atoms with Crippen molar-refractivity contribution in [1.29, 1.82) is 0 Å². The molecule has 1 N–H and O–H groups in total. The molecule has 0 aliphatic heterocycles. The van der Waals surface area contributed by atoms with Gasteiger partial charge in [-0.2, -0.15) is 0 Å². The maximum Gasteiger partial charge on any atom is 0.408 e. The molecule has 1 heterocycles. The third kappa shape index (κ3) is 6.84. The number of hydrogen-bond acceptors (Lipinski definition) is 6. The second kappa shape index (κ2) is 9.98. The maximum atomic E-state index is 12.9. The van der Waals surface area contributed by atoms with E-state index >= 15 is 0 Å². The molecule has 1 aromatic carbocycles. The number of carbonyl (C=O) groups excluding carboxylic acids is 2. The molecular weight excluding hydrogens is 398 g/mol. The summed E-state index contributed by atoms with van der Waals surface area (Å²) in [4.78, 5) is 37.1. The van der Waals surface area contributed by atoms with Gasteiger partial charge in [0.2, 0.25) is 0 Å². The molecule has 1 aromatic heterocycles. The van der Waals surface area contributed by atoms with Gasteiger partial charge in [-0.25, -0.2) is 14.4 Å². The largest absolute Gasteiger partial charge is 0.444 e. The van der Waals surface area contributed by atoms with Crippen molar-refractivity contribution < 1.29 is 23.5 Å². The zero-order valence-electron chi connectivity index (χ0n) is 19.5. The summed E-state index contributed by atoms with van der Waals surface area (Å²) in [6.07, 6.45) is 1.35. The molecule has 0 spiro atoms. The van der Waals surface area contributed by atoms with Gasteiger partial charge in [-0.15, -0.1) is 0 Å². The fraction of sp³-hybridized carbons (Fsp3) is 0.542. The number of rotatable bonds is 7. The second-order valence-corrected chi connectivity index (χ2v) is 9.16. The standard InChI is InChI=1S/C24H33NO6/c1-8-9-16-13-20(26)30-21-15(4)19(11-10-17(16)21)29-22(27)18(12-14(2)3)25-23(28)31-24(5,6)7/h10-11,13-14,18H,8-9,12H2,1-7H3,(H,25,28)/t18-/m0/s1. The van der Waals surface area contributed by atoms with Crippen LogP contribution in [-0.4, -0.2) is 23.7 Å². The van der Waals surface area contributed by atoms with Crippen LogP contribution < -0.4 is 15.7 Å². The van der Waals surface area contributed by atoms with Crippen molar-refractivity contribution in [3.05, 3.63) is 39.7 Å². The molecule has 0 aliphatic carbocycles. The number of fused-ring (bicyclic) bond motifs is 1. The molecular formula is C24H33NO6. The van der Waals surface area contributed by atoms with E-state index in [0.717, 1.165) is 23.8 Å². The van der Waals surface area contributed by atoms with Crippen molar-refractivity contribution in [2.75, 3.05) is 0 Å². The molecule has 31 heavy (non-hydrogen) atoms. The third-order valence-corrected chi connectivity index (χ3v) is 4.61. The van der Waals surface area contributed by atoms with Gasteiger partial charge in [0.15, 0.2) is 0 Å². The number of ether oxygens (including phenoxy) is 2. The summed E-state index contributed by atoms with van der Waals surface area (Å²) in [6.45, 7) is 12.9. The molecule has 0 unspecified atom stereocenters. The van der Waals surface area contributed by atoms with Gasteiger partial charge in [0.25, 0.3) is 0 Å². The Balaban J connectivity index is 2.31. The van der Waals surface area contributed by atoms with E-state index in [1.54, 1.807) is 39.8 Å². The molecule has 0 bridgehead atoms. The molecule has 7 nitrogen and oxygen atoms in total. The van der Waals surface area contributed by atoms with Crippen LogP contribution in [-0.2, 0) is 16.0 Å². The molecule has 0 aliphatic rings. The minimum Gasteiger partial charge on any atom is -0.444 e. The Bertz CT molecular complexity index is 1000. The van der Waals surface area contributed by atoms with Gasteiger partial charge < -0.3 is 19.2 Å². The molecule has 0 radical (unpaired) electrons. The molecule has 0 saturated heterocycles. The van der Waals surface area contributed by atoms with Crippen LogP contribution in [0.4, 0.5) is 4.79 Å². The molecule has 0 saturated carbocycles. The van der Waals surface area contributed by atoms with Crippen LogP contribution in [0.15, 0.2) is 27.4 Å². The van der Waals surface area contributed by atoms with Crippen molar-refractivity contribution in [2.45, 2.75) is 79.4 Å². The minimum absolute atomic E-state index is 0.139. The summed E-state index contributed by atoms with van der Waals surface area (Å²) >= 11 is 0. The molecule has 0 fully saturated rings. The SMILES string of the molecule is CCCc1cc(=O)oc2c(C)c(OC(=O)[C@H](CC(C)C)NC(=O)OC(C)(C)C)ccc12. The molecule has 7 heteroatoms. The molecule has 170 valence electrons. The van der Waals surface area contributed by atoms with Crippen LogP contribution in [0.5, 0.6) is 5.75 Å². The number of amides is 1. The number of alkyl carbamates (subject to hydrolysis) is 1. The van der Waals surface area contributed by atoms with E-state index < -0.39 is 29.3 Å². The lowest BCUT2D eigenvalue weighted by molar-refractivity contribution is -0.137. The fourth-order valence-electron chi connectivity index (χ4n) is 3.31. The van der Waals surface area contributed by atoms with E-state index in [-0.39, 0.29) is 11.7 Å². The predicted octanol–water partition coefficient (Wildman–Crippen LogP) is 4.90. The third-order valence-electron chi connectivity index (χ3n) is 4.61. The summed E-state index contributed by atoms with van der Waals surface area (Å²) in [5.41, 5.74) is 0.744. The molecule has 2 rings (SSSR count). The average molecular weight is 432 g/mol. The van der Waals surface area contributed by atoms with Gasteiger partial charge in [0.1, 0.15) is 23.0 Å². The van der Waals surface area contributed by atoms with E-state index in [4.69, 9.17) is 13.9 Å². The summed E-state index contributed by atoms with van der Waals surface area (Å²) < 4.78 is 16.3. The van der Waals surface area contributed by atoms with Crippen molar-refractivity contribution in [3.63, 3.8) is 0 Å². The van der Waals surface area contributed by atoms with E-state index in [1.165, 1.54) is 6.07 Å². The van der Waals surface area contributed by atoms with Crippen LogP contribution in [0, 0.1) is 12.8 Å². The number of esters is 1. The minimum atomic E-state index is -0.872. The van der Waals surface area contributed by atoms with Crippen LogP contribution in [0.2, 0.25) is 0 Å². The van der Waals surface area contributed by atoms with Gasteiger partial charge in [0.05, 0.1) is 0 Å². The Morgan fingerprint density at radius 1 is 1.19 bits per heavy atom. The topological polar surface area (TPSA) is 94.8 Å². The number of hydrogen-bond donors (Lipinski definition) is 1. The summed E-state index contributed by atoms with van der Waals surface area (Å²) in [5, 5.41) is 3.43.